The van der Waals surface area contributed by atoms with Crippen LogP contribution < -0.4 is 4.72 Å². The number of hydrogen-bond donors (Lipinski definition) is 1. The van der Waals surface area contributed by atoms with Gasteiger partial charge in [-0.25, -0.2) is 8.42 Å². The van der Waals surface area contributed by atoms with Crippen molar-refractivity contribution >= 4 is 39.5 Å². The Bertz CT molecular complexity index is 879. The molecule has 0 spiro atoms. The van der Waals surface area contributed by atoms with Crippen LogP contribution in [0.25, 0.3) is 6.08 Å². The summed E-state index contributed by atoms with van der Waals surface area (Å²) in [5.74, 6) is -0.421. The third-order valence-corrected chi connectivity index (χ3v) is 6.71. The van der Waals surface area contributed by atoms with Crippen LogP contribution in [0.3, 0.4) is 0 Å². The number of hydrogen-bond acceptors (Lipinski definition) is 4. The minimum atomic E-state index is -3.80. The van der Waals surface area contributed by atoms with Gasteiger partial charge in [0.15, 0.2) is 0 Å². The number of rotatable bonds is 6. The number of amides is 2. The van der Waals surface area contributed by atoms with Crippen molar-refractivity contribution in [1.82, 2.24) is 14.5 Å². The smallest absolute Gasteiger partial charge is 0.245 e. The van der Waals surface area contributed by atoms with Crippen LogP contribution in [0.1, 0.15) is 38.2 Å². The lowest BCUT2D eigenvalue weighted by Gasteiger charge is -2.32. The summed E-state index contributed by atoms with van der Waals surface area (Å²) in [6.45, 7) is 3.51. The average molecular weight is 440 g/mol. The standard InChI is InChI=1S/C20H26ClN3O4S/c1-15(19(25)23-11-3-2-4-12-23)24-13-9-18(20(24)26)22-29(27,28)14-10-16-5-7-17(21)8-6-16/h5-8,10,14-15,18,22H,2-4,9,11-13H2,1H3/t15-,18+/m0/s1. The Kier molecular flexibility index (Phi) is 6.97. The van der Waals surface area contributed by atoms with Crippen molar-refractivity contribution in [3.05, 3.63) is 40.3 Å². The number of piperidine rings is 1. The Morgan fingerprint density at radius 3 is 2.48 bits per heavy atom. The van der Waals surface area contributed by atoms with Crippen molar-refractivity contribution < 1.29 is 18.0 Å². The van der Waals surface area contributed by atoms with Gasteiger partial charge in [0.25, 0.3) is 0 Å². The molecule has 9 heteroatoms. The van der Waals surface area contributed by atoms with E-state index < -0.39 is 22.1 Å². The van der Waals surface area contributed by atoms with Gasteiger partial charge in [-0.15, -0.1) is 0 Å². The number of nitrogens with zero attached hydrogens (tertiary/aromatic N) is 2. The summed E-state index contributed by atoms with van der Waals surface area (Å²) in [7, 11) is -3.80. The lowest BCUT2D eigenvalue weighted by atomic mass is 10.1. The highest BCUT2D eigenvalue weighted by Gasteiger charge is 2.39. The van der Waals surface area contributed by atoms with Crippen LogP contribution in [-0.2, 0) is 19.6 Å². The van der Waals surface area contributed by atoms with Gasteiger partial charge in [0.05, 0.1) is 0 Å². The van der Waals surface area contributed by atoms with E-state index in [4.69, 9.17) is 11.6 Å². The molecule has 1 aromatic rings. The Morgan fingerprint density at radius 2 is 1.83 bits per heavy atom. The number of nitrogens with one attached hydrogen (secondary N) is 1. The summed E-state index contributed by atoms with van der Waals surface area (Å²) in [4.78, 5) is 28.7. The maximum absolute atomic E-state index is 12.7. The molecule has 7 nitrogen and oxygen atoms in total. The van der Waals surface area contributed by atoms with Gasteiger partial charge in [-0.3, -0.25) is 9.59 Å². The van der Waals surface area contributed by atoms with Gasteiger partial charge < -0.3 is 9.80 Å². The first-order chi connectivity index (χ1) is 13.8. The number of carbonyl (C=O) groups is 2. The van der Waals surface area contributed by atoms with E-state index in [1.807, 2.05) is 0 Å². The Labute approximate surface area is 176 Å². The first-order valence-electron chi connectivity index (χ1n) is 9.82. The van der Waals surface area contributed by atoms with Gasteiger partial charge in [0.1, 0.15) is 12.1 Å². The van der Waals surface area contributed by atoms with Crippen LogP contribution in [0.2, 0.25) is 5.02 Å². The Morgan fingerprint density at radius 1 is 1.17 bits per heavy atom. The quantitative estimate of drug-likeness (QED) is 0.736. The summed E-state index contributed by atoms with van der Waals surface area (Å²) in [6, 6.07) is 5.29. The van der Waals surface area contributed by atoms with Crippen molar-refractivity contribution in [3.63, 3.8) is 0 Å². The minimum absolute atomic E-state index is 0.0656. The third kappa shape index (κ3) is 5.58. The molecular weight excluding hydrogens is 414 g/mol. The molecule has 2 aliphatic heterocycles. The van der Waals surface area contributed by atoms with Crippen LogP contribution in [0.5, 0.6) is 0 Å². The van der Waals surface area contributed by atoms with Gasteiger partial charge in [-0.1, -0.05) is 23.7 Å². The van der Waals surface area contributed by atoms with E-state index in [1.54, 1.807) is 36.1 Å². The maximum Gasteiger partial charge on any atom is 0.245 e. The van der Waals surface area contributed by atoms with Crippen molar-refractivity contribution in [1.29, 1.82) is 0 Å². The zero-order chi connectivity index (χ0) is 21.0. The highest BCUT2D eigenvalue weighted by atomic mass is 35.5. The number of likely N-dealkylation sites (tertiary alicyclic amines) is 2. The predicted octanol–water partition coefficient (Wildman–Crippen LogP) is 2.23. The first kappa shape index (κ1) is 21.8. The molecule has 2 aliphatic rings. The zero-order valence-corrected chi connectivity index (χ0v) is 18.0. The molecule has 0 saturated carbocycles. The Balaban J connectivity index is 1.60. The summed E-state index contributed by atoms with van der Waals surface area (Å²) in [5, 5.41) is 1.60. The van der Waals surface area contributed by atoms with Crippen molar-refractivity contribution in [3.8, 4) is 0 Å². The van der Waals surface area contributed by atoms with Crippen LogP contribution >= 0.6 is 11.6 Å². The second-order valence-electron chi connectivity index (χ2n) is 7.45. The number of benzene rings is 1. The average Bonchev–Trinajstić information content (AvgIpc) is 3.06. The molecule has 1 N–H and O–H groups in total. The predicted molar refractivity (Wildman–Crippen MR) is 113 cm³/mol. The summed E-state index contributed by atoms with van der Waals surface area (Å²) >= 11 is 5.82. The van der Waals surface area contributed by atoms with Crippen LogP contribution in [-0.4, -0.2) is 61.7 Å². The van der Waals surface area contributed by atoms with E-state index >= 15 is 0 Å². The van der Waals surface area contributed by atoms with Crippen molar-refractivity contribution in [2.75, 3.05) is 19.6 Å². The van der Waals surface area contributed by atoms with Gasteiger partial charge in [-0.2, -0.15) is 4.72 Å². The molecule has 2 heterocycles. The lowest BCUT2D eigenvalue weighted by molar-refractivity contribution is -0.143. The molecule has 2 atom stereocenters. The summed E-state index contributed by atoms with van der Waals surface area (Å²) in [5.41, 5.74) is 0.680. The fourth-order valence-corrected chi connectivity index (χ4v) is 4.84. The largest absolute Gasteiger partial charge is 0.341 e. The molecule has 2 saturated heterocycles. The molecule has 1 aromatic carbocycles. The molecule has 0 unspecified atom stereocenters. The number of halogens is 1. The molecule has 2 amide bonds. The summed E-state index contributed by atoms with van der Waals surface area (Å²) < 4.78 is 27.2. The van der Waals surface area contributed by atoms with Crippen molar-refractivity contribution in [2.45, 2.75) is 44.7 Å². The molecule has 0 aliphatic carbocycles. The van der Waals surface area contributed by atoms with Gasteiger partial charge in [0.2, 0.25) is 21.8 Å². The maximum atomic E-state index is 12.7. The second kappa shape index (κ2) is 9.28. The molecule has 0 aromatic heterocycles. The van der Waals surface area contributed by atoms with Crippen LogP contribution in [0, 0.1) is 0 Å². The molecule has 0 radical (unpaired) electrons. The molecule has 3 rings (SSSR count). The minimum Gasteiger partial charge on any atom is -0.341 e. The van der Waals surface area contributed by atoms with Gasteiger partial charge in [0, 0.05) is 30.1 Å². The number of sulfonamides is 1. The SMILES string of the molecule is C[C@@H](C(=O)N1CCCCC1)N1CC[C@@H](NS(=O)(=O)C=Cc2ccc(Cl)cc2)C1=O. The van der Waals surface area contributed by atoms with E-state index in [-0.39, 0.29) is 11.8 Å². The van der Waals surface area contributed by atoms with E-state index in [0.717, 1.165) is 37.8 Å². The van der Waals surface area contributed by atoms with E-state index in [2.05, 4.69) is 4.72 Å². The normalized spacial score (nSPS) is 21.7. The van der Waals surface area contributed by atoms with Crippen LogP contribution in [0.4, 0.5) is 0 Å². The highest BCUT2D eigenvalue weighted by Crippen LogP contribution is 2.19. The topological polar surface area (TPSA) is 86.8 Å². The molecular formula is C20H26ClN3O4S. The Hall–Kier alpha value is -1.90. The highest BCUT2D eigenvalue weighted by molar-refractivity contribution is 7.92. The molecule has 2 fully saturated rings. The van der Waals surface area contributed by atoms with Crippen LogP contribution in [0.15, 0.2) is 29.7 Å². The zero-order valence-electron chi connectivity index (χ0n) is 16.4. The fourth-order valence-electron chi connectivity index (χ4n) is 3.69. The van der Waals surface area contributed by atoms with E-state index in [9.17, 15) is 18.0 Å². The van der Waals surface area contributed by atoms with Crippen molar-refractivity contribution in [2.24, 2.45) is 0 Å². The first-order valence-corrected chi connectivity index (χ1v) is 11.7. The third-order valence-electron chi connectivity index (χ3n) is 5.35. The lowest BCUT2D eigenvalue weighted by Crippen LogP contribution is -2.51. The molecule has 0 bridgehead atoms. The van der Waals surface area contributed by atoms with Gasteiger partial charge in [-0.05, 0) is 56.4 Å². The monoisotopic (exact) mass is 439 g/mol. The summed E-state index contributed by atoms with van der Waals surface area (Å²) in [6.07, 6.45) is 4.86. The molecule has 158 valence electrons. The van der Waals surface area contributed by atoms with E-state index in [0.29, 0.717) is 23.6 Å². The fraction of sp³-hybridized carbons (Fsp3) is 0.500. The van der Waals surface area contributed by atoms with Gasteiger partial charge >= 0.3 is 0 Å². The molecule has 29 heavy (non-hydrogen) atoms. The van der Waals surface area contributed by atoms with E-state index in [1.165, 1.54) is 11.0 Å². The second-order valence-corrected chi connectivity index (χ2v) is 9.49. The number of carbonyl (C=O) groups excluding carboxylic acids is 2.